The van der Waals surface area contributed by atoms with Crippen LogP contribution in [0.4, 0.5) is 0 Å². The van der Waals surface area contributed by atoms with E-state index >= 15 is 0 Å². The summed E-state index contributed by atoms with van der Waals surface area (Å²) in [6.07, 6.45) is 7.04. The van der Waals surface area contributed by atoms with Crippen molar-refractivity contribution in [3.05, 3.63) is 65.9 Å². The van der Waals surface area contributed by atoms with E-state index < -0.39 is 0 Å². The van der Waals surface area contributed by atoms with Gasteiger partial charge in [-0.25, -0.2) is 0 Å². The molecule has 1 aliphatic rings. The minimum Gasteiger partial charge on any atom is -0.497 e. The third-order valence-electron chi connectivity index (χ3n) is 5.46. The summed E-state index contributed by atoms with van der Waals surface area (Å²) in [6.45, 7) is 2.38. The molecule has 3 nitrogen and oxygen atoms in total. The number of benzene rings is 2. The van der Waals surface area contributed by atoms with Crippen LogP contribution in [0.1, 0.15) is 24.0 Å². The Bertz CT molecular complexity index is 824. The molecular formula is C22H26N2O. The number of aromatic nitrogens is 1. The van der Waals surface area contributed by atoms with Crippen LogP contribution in [0.2, 0.25) is 0 Å². The summed E-state index contributed by atoms with van der Waals surface area (Å²) in [5.41, 5.74) is 4.04. The van der Waals surface area contributed by atoms with E-state index in [1.807, 2.05) is 6.07 Å². The van der Waals surface area contributed by atoms with Crippen LogP contribution in [0, 0.1) is 0 Å². The molecule has 0 amide bonds. The molecule has 4 rings (SSSR count). The van der Waals surface area contributed by atoms with Crippen LogP contribution >= 0.6 is 0 Å². The Hall–Kier alpha value is -2.26. The van der Waals surface area contributed by atoms with Gasteiger partial charge in [0.05, 0.1) is 7.11 Å². The molecule has 1 aromatic heterocycles. The van der Waals surface area contributed by atoms with E-state index in [4.69, 9.17) is 4.74 Å². The molecule has 0 aliphatic carbocycles. The van der Waals surface area contributed by atoms with E-state index in [0.717, 1.165) is 25.1 Å². The molecule has 0 bridgehead atoms. The summed E-state index contributed by atoms with van der Waals surface area (Å²) in [7, 11) is 1.73. The fourth-order valence-corrected chi connectivity index (χ4v) is 4.05. The van der Waals surface area contributed by atoms with Crippen molar-refractivity contribution in [3.63, 3.8) is 0 Å². The summed E-state index contributed by atoms with van der Waals surface area (Å²) in [5.74, 6) is 0.931. The molecule has 25 heavy (non-hydrogen) atoms. The van der Waals surface area contributed by atoms with Gasteiger partial charge in [-0.05, 0) is 61.6 Å². The zero-order valence-electron chi connectivity index (χ0n) is 14.9. The largest absolute Gasteiger partial charge is 0.497 e. The average Bonchev–Trinajstić information content (AvgIpc) is 3.28. The quantitative estimate of drug-likeness (QED) is 0.722. The molecule has 0 saturated carbocycles. The number of fused-ring (bicyclic) bond motifs is 1. The lowest BCUT2D eigenvalue weighted by atomic mass is 10.0. The van der Waals surface area contributed by atoms with E-state index in [1.165, 1.54) is 41.4 Å². The Labute approximate surface area is 149 Å². The Kier molecular flexibility index (Phi) is 4.75. The Morgan fingerprint density at radius 1 is 1.16 bits per heavy atom. The standard InChI is InChI=1S/C22H26N2O/c1-25-20-9-10-22-21(15-20)18(16-23-22)14-19-8-5-12-24(19)13-11-17-6-3-2-4-7-17/h2-4,6-7,9-10,15-16,19,23H,5,8,11-14H2,1H3. The molecule has 0 spiro atoms. The number of aromatic amines is 1. The van der Waals surface area contributed by atoms with E-state index in [9.17, 15) is 0 Å². The maximum atomic E-state index is 5.40. The van der Waals surface area contributed by atoms with Gasteiger partial charge in [0.15, 0.2) is 0 Å². The van der Waals surface area contributed by atoms with Crippen molar-refractivity contribution in [1.29, 1.82) is 0 Å². The summed E-state index contributed by atoms with van der Waals surface area (Å²) >= 11 is 0. The minimum atomic E-state index is 0.647. The molecule has 2 heterocycles. The van der Waals surface area contributed by atoms with Crippen LogP contribution in [0.3, 0.4) is 0 Å². The molecule has 1 fully saturated rings. The molecule has 0 radical (unpaired) electrons. The normalized spacial score (nSPS) is 18.0. The highest BCUT2D eigenvalue weighted by molar-refractivity contribution is 5.84. The van der Waals surface area contributed by atoms with Gasteiger partial charge in [-0.1, -0.05) is 30.3 Å². The maximum absolute atomic E-state index is 5.40. The molecule has 1 aliphatic heterocycles. The van der Waals surface area contributed by atoms with Gasteiger partial charge >= 0.3 is 0 Å². The molecule has 2 aromatic carbocycles. The van der Waals surface area contributed by atoms with Gasteiger partial charge < -0.3 is 9.72 Å². The van der Waals surface area contributed by atoms with Crippen molar-refractivity contribution in [1.82, 2.24) is 9.88 Å². The van der Waals surface area contributed by atoms with E-state index in [2.05, 4.69) is 58.5 Å². The Morgan fingerprint density at radius 3 is 2.88 bits per heavy atom. The molecule has 1 saturated heterocycles. The van der Waals surface area contributed by atoms with Gasteiger partial charge in [-0.2, -0.15) is 0 Å². The number of nitrogens with one attached hydrogen (secondary N) is 1. The first-order chi connectivity index (χ1) is 12.3. The van der Waals surface area contributed by atoms with Crippen molar-refractivity contribution in [2.45, 2.75) is 31.7 Å². The highest BCUT2D eigenvalue weighted by Crippen LogP contribution is 2.28. The first kappa shape index (κ1) is 16.2. The number of H-pyrrole nitrogens is 1. The SMILES string of the molecule is COc1ccc2[nH]cc(CC3CCCN3CCc3ccccc3)c2c1. The van der Waals surface area contributed by atoms with Gasteiger partial charge in [-0.15, -0.1) is 0 Å². The van der Waals surface area contributed by atoms with Crippen LogP contribution in [-0.4, -0.2) is 36.1 Å². The summed E-state index contributed by atoms with van der Waals surface area (Å²) in [4.78, 5) is 6.08. The fraction of sp³-hybridized carbons (Fsp3) is 0.364. The van der Waals surface area contributed by atoms with Gasteiger partial charge in [-0.3, -0.25) is 4.90 Å². The lowest BCUT2D eigenvalue weighted by Gasteiger charge is -2.24. The van der Waals surface area contributed by atoms with Crippen LogP contribution < -0.4 is 4.74 Å². The molecule has 130 valence electrons. The van der Waals surface area contributed by atoms with Crippen LogP contribution in [-0.2, 0) is 12.8 Å². The van der Waals surface area contributed by atoms with E-state index in [-0.39, 0.29) is 0 Å². The number of rotatable bonds is 6. The molecule has 1 N–H and O–H groups in total. The molecule has 1 unspecified atom stereocenters. The van der Waals surface area contributed by atoms with Gasteiger partial charge in [0.25, 0.3) is 0 Å². The van der Waals surface area contributed by atoms with Crippen LogP contribution in [0.25, 0.3) is 10.9 Å². The van der Waals surface area contributed by atoms with E-state index in [0.29, 0.717) is 6.04 Å². The predicted octanol–water partition coefficient (Wildman–Crippen LogP) is 4.43. The van der Waals surface area contributed by atoms with Crippen molar-refractivity contribution < 1.29 is 4.74 Å². The molecule has 3 aromatic rings. The van der Waals surface area contributed by atoms with Gasteiger partial charge in [0.1, 0.15) is 5.75 Å². The average molecular weight is 334 g/mol. The highest BCUT2D eigenvalue weighted by atomic mass is 16.5. The zero-order chi connectivity index (χ0) is 17.1. The Balaban J connectivity index is 1.46. The number of hydrogen-bond acceptors (Lipinski definition) is 2. The second-order valence-corrected chi connectivity index (χ2v) is 7.00. The number of ether oxygens (including phenoxy) is 1. The maximum Gasteiger partial charge on any atom is 0.119 e. The minimum absolute atomic E-state index is 0.647. The smallest absolute Gasteiger partial charge is 0.119 e. The third-order valence-corrected chi connectivity index (χ3v) is 5.46. The number of likely N-dealkylation sites (tertiary alicyclic amines) is 1. The molecular weight excluding hydrogens is 308 g/mol. The fourth-order valence-electron chi connectivity index (χ4n) is 4.05. The van der Waals surface area contributed by atoms with E-state index in [1.54, 1.807) is 7.11 Å². The topological polar surface area (TPSA) is 28.3 Å². The van der Waals surface area contributed by atoms with Gasteiger partial charge in [0, 0.05) is 29.7 Å². The number of methoxy groups -OCH3 is 1. The number of nitrogens with zero attached hydrogens (tertiary/aromatic N) is 1. The third kappa shape index (κ3) is 3.57. The van der Waals surface area contributed by atoms with Crippen molar-refractivity contribution in [2.75, 3.05) is 20.2 Å². The second kappa shape index (κ2) is 7.32. The van der Waals surface area contributed by atoms with Crippen molar-refractivity contribution >= 4 is 10.9 Å². The lowest BCUT2D eigenvalue weighted by Crippen LogP contribution is -2.32. The highest BCUT2D eigenvalue weighted by Gasteiger charge is 2.25. The summed E-state index contributed by atoms with van der Waals surface area (Å²) in [5, 5.41) is 1.30. The Morgan fingerprint density at radius 2 is 2.04 bits per heavy atom. The summed E-state index contributed by atoms with van der Waals surface area (Å²) in [6, 6.07) is 17.8. The zero-order valence-corrected chi connectivity index (χ0v) is 14.9. The van der Waals surface area contributed by atoms with Gasteiger partial charge in [0.2, 0.25) is 0 Å². The second-order valence-electron chi connectivity index (χ2n) is 7.00. The lowest BCUT2D eigenvalue weighted by molar-refractivity contribution is 0.256. The monoisotopic (exact) mass is 334 g/mol. The first-order valence-corrected chi connectivity index (χ1v) is 9.25. The van der Waals surface area contributed by atoms with Crippen LogP contribution in [0.5, 0.6) is 5.75 Å². The summed E-state index contributed by atoms with van der Waals surface area (Å²) < 4.78 is 5.40. The predicted molar refractivity (Wildman–Crippen MR) is 103 cm³/mol. The van der Waals surface area contributed by atoms with Crippen molar-refractivity contribution in [2.24, 2.45) is 0 Å². The van der Waals surface area contributed by atoms with Crippen molar-refractivity contribution in [3.8, 4) is 5.75 Å². The molecule has 1 atom stereocenters. The van der Waals surface area contributed by atoms with Crippen LogP contribution in [0.15, 0.2) is 54.7 Å². The number of hydrogen-bond donors (Lipinski definition) is 1. The molecule has 3 heteroatoms. The first-order valence-electron chi connectivity index (χ1n) is 9.25.